The van der Waals surface area contributed by atoms with Crippen LogP contribution in [0.25, 0.3) is 27.5 Å². The zero-order valence-corrected chi connectivity index (χ0v) is 58.7. The maximum absolute atomic E-state index is 12.2. The van der Waals surface area contributed by atoms with Gasteiger partial charge in [-0.1, -0.05) is 80.1 Å². The summed E-state index contributed by atoms with van der Waals surface area (Å²) < 4.78 is 10.8. The number of halogens is 7. The number of carbonyl (C=O) groups is 4. The number of terminal acetylenes is 1. The summed E-state index contributed by atoms with van der Waals surface area (Å²) in [7, 11) is 0. The van der Waals surface area contributed by atoms with E-state index in [1.54, 1.807) is 87.0 Å². The monoisotopic (exact) mass is 1680 g/mol. The number of nitrogen functional groups attached to an aromatic ring is 1. The molecule has 28 heteroatoms. The summed E-state index contributed by atoms with van der Waals surface area (Å²) in [5.74, 6) is 1.71. The topological polar surface area (TPSA) is 247 Å². The number of carbonyl (C=O) groups excluding carboxylic acids is 3. The Balaban J connectivity index is 0.000000183. The van der Waals surface area contributed by atoms with Crippen LogP contribution < -0.4 is 11.3 Å². The van der Waals surface area contributed by atoms with Crippen molar-refractivity contribution in [3.8, 4) is 29.4 Å². The fourth-order valence-corrected chi connectivity index (χ4v) is 12.0. The molecule has 0 atom stereocenters. The predicted molar refractivity (Wildman–Crippen MR) is 385 cm³/mol. The first kappa shape index (κ1) is 71.5. The summed E-state index contributed by atoms with van der Waals surface area (Å²) in [4.78, 5) is 62.5. The number of carboxylic acid groups (broad SMARTS) is 1. The zero-order chi connectivity index (χ0) is 64.2. The molecule has 7 aromatic heterocycles. The third-order valence-corrected chi connectivity index (χ3v) is 18.5. The number of thiophene rings is 4. The van der Waals surface area contributed by atoms with Crippen LogP contribution >= 0.6 is 160 Å². The number of azide groups is 1. The highest BCUT2D eigenvalue weighted by Gasteiger charge is 2.14. The summed E-state index contributed by atoms with van der Waals surface area (Å²) in [6, 6.07) is 49.0. The van der Waals surface area contributed by atoms with E-state index in [9.17, 15) is 24.0 Å². The molecule has 0 aliphatic rings. The molecule has 4 aromatic carbocycles. The van der Waals surface area contributed by atoms with Gasteiger partial charge in [0.15, 0.2) is 17.3 Å². The molecule has 0 amide bonds. The van der Waals surface area contributed by atoms with E-state index in [2.05, 4.69) is 104 Å². The summed E-state index contributed by atoms with van der Waals surface area (Å²) in [5, 5.41) is 28.3. The Labute approximate surface area is 587 Å². The second-order valence-electron chi connectivity index (χ2n) is 17.6. The van der Waals surface area contributed by atoms with Crippen molar-refractivity contribution in [3.63, 3.8) is 0 Å². The molecule has 0 aliphatic heterocycles. The summed E-state index contributed by atoms with van der Waals surface area (Å²) in [6.45, 7) is 0. The fourth-order valence-electron chi connectivity index (χ4n) is 6.96. The maximum atomic E-state index is 12.2. The van der Waals surface area contributed by atoms with Crippen molar-refractivity contribution in [3.05, 3.63) is 262 Å². The molecule has 454 valence electrons. The van der Waals surface area contributed by atoms with E-state index in [-0.39, 0.29) is 27.8 Å². The minimum Gasteiger partial charge on any atom is -0.477 e. The molecule has 0 saturated heterocycles. The molecule has 3 N–H and O–H groups in total. The van der Waals surface area contributed by atoms with Gasteiger partial charge in [0, 0.05) is 83.5 Å². The number of aromatic nitrogens is 7. The van der Waals surface area contributed by atoms with Crippen LogP contribution in [0.15, 0.2) is 192 Å². The van der Waals surface area contributed by atoms with E-state index in [1.165, 1.54) is 53.3 Å². The number of anilines is 1. The molecular formula is C61H46Cl4I3N11O6S4. The third-order valence-electron chi connectivity index (χ3n) is 11.3. The van der Waals surface area contributed by atoms with E-state index in [0.717, 1.165) is 49.0 Å². The molecule has 11 aromatic rings. The molecule has 89 heavy (non-hydrogen) atoms. The lowest BCUT2D eigenvalue weighted by molar-refractivity contribution is 0.0701. The van der Waals surface area contributed by atoms with Crippen LogP contribution in [-0.2, 0) is 12.8 Å². The van der Waals surface area contributed by atoms with Crippen LogP contribution in [0.2, 0.25) is 17.3 Å². The summed E-state index contributed by atoms with van der Waals surface area (Å²) in [6.07, 6.45) is 13.2. The molecule has 0 spiro atoms. The first-order valence-electron chi connectivity index (χ1n) is 25.7. The van der Waals surface area contributed by atoms with Crippen molar-refractivity contribution in [1.82, 2.24) is 34.6 Å². The number of benzene rings is 4. The molecule has 0 fully saturated rings. The first-order valence-corrected chi connectivity index (χ1v) is 33.7. The van der Waals surface area contributed by atoms with Gasteiger partial charge in [0.2, 0.25) is 0 Å². The molecular weight excluding hydrogens is 1630 g/mol. The van der Waals surface area contributed by atoms with E-state index < -0.39 is 5.97 Å². The number of rotatable bonds is 16. The van der Waals surface area contributed by atoms with Crippen molar-refractivity contribution in [2.75, 3.05) is 5.73 Å². The molecule has 0 radical (unpaired) electrons. The Morgan fingerprint density at radius 3 is 1.33 bits per heavy atom. The number of aromatic carboxylic acids is 1. The highest BCUT2D eigenvalue weighted by molar-refractivity contribution is 14.1. The van der Waals surface area contributed by atoms with Gasteiger partial charge in [0.05, 0.1) is 67.1 Å². The Bertz CT molecular complexity index is 4230. The van der Waals surface area contributed by atoms with Gasteiger partial charge in [-0.05, 0) is 213 Å². The van der Waals surface area contributed by atoms with Gasteiger partial charge >= 0.3 is 5.97 Å². The molecule has 0 saturated carbocycles. The van der Waals surface area contributed by atoms with E-state index in [4.69, 9.17) is 69.2 Å². The highest BCUT2D eigenvalue weighted by atomic mass is 127. The van der Waals surface area contributed by atoms with E-state index in [1.807, 2.05) is 97.2 Å². The molecule has 0 unspecified atom stereocenters. The number of ketones is 3. The number of Topliss-reactive ketones (excluding diaryl/α,β-unsaturated/α-hetero) is 3. The number of nitrogens with two attached hydrogens (primary N) is 1. The van der Waals surface area contributed by atoms with Gasteiger partial charge in [0.25, 0.3) is 5.56 Å². The van der Waals surface area contributed by atoms with Gasteiger partial charge in [-0.15, -0.1) is 67.9 Å². The number of hydrogen-bond donors (Lipinski definition) is 2. The van der Waals surface area contributed by atoms with Gasteiger partial charge < -0.3 is 10.8 Å². The van der Waals surface area contributed by atoms with Gasteiger partial charge in [-0.3, -0.25) is 23.7 Å². The lowest BCUT2D eigenvalue weighted by Crippen LogP contribution is -2.15. The Hall–Kier alpha value is -6.59. The molecule has 0 aliphatic carbocycles. The Kier molecular flexibility index (Phi) is 30.2. The highest BCUT2D eigenvalue weighted by Crippen LogP contribution is 2.26. The minimum absolute atomic E-state index is 0.0455. The van der Waals surface area contributed by atoms with Crippen molar-refractivity contribution < 1.29 is 24.3 Å². The first-order chi connectivity index (χ1) is 42.8. The lowest BCUT2D eigenvalue weighted by Gasteiger charge is -2.06. The Morgan fingerprint density at radius 2 is 0.955 bits per heavy atom. The average Bonchev–Trinajstić information content (AvgIpc) is 3.70. The smallest absolute Gasteiger partial charge is 0.345 e. The van der Waals surface area contributed by atoms with E-state index in [0.29, 0.717) is 76.2 Å². The zero-order valence-electron chi connectivity index (χ0n) is 46.0. The number of aryl methyl sites for hydroxylation is 2. The van der Waals surface area contributed by atoms with Gasteiger partial charge in [0.1, 0.15) is 4.88 Å². The van der Waals surface area contributed by atoms with Crippen molar-refractivity contribution in [2.24, 2.45) is 5.11 Å². The molecule has 11 rings (SSSR count). The second kappa shape index (κ2) is 37.5. The number of carboxylic acids is 1. The number of hydrogen-bond acceptors (Lipinski definition) is 15. The maximum Gasteiger partial charge on any atom is 0.345 e. The van der Waals surface area contributed by atoms with Gasteiger partial charge in [-0.25, -0.2) is 14.2 Å². The molecule has 17 nitrogen and oxygen atoms in total. The van der Waals surface area contributed by atoms with Crippen molar-refractivity contribution in [1.29, 1.82) is 0 Å². The number of pyridine rings is 1. The van der Waals surface area contributed by atoms with Crippen LogP contribution in [0.1, 0.15) is 75.8 Å². The SMILES string of the molecule is C#CCCC(=O)c1ccc(Cl)s1.Nc1ccc(I)cc1.O=C(CCc1cn(-c2ccc(-n3ccccc3=O)cc2)nn1)c1ccc(Cl)s1.O=C(CCc1cn(-c2ccc(I)cc2)nn1)c1ccc(Cl)s1.O=C(O)c1ccc(Cl)s1.[N-]=[N+]=Nc1ccc(I)cc1. The van der Waals surface area contributed by atoms with Crippen LogP contribution in [0.5, 0.6) is 0 Å². The fraction of sp³-hybridized carbons (Fsp3) is 0.0984. The minimum atomic E-state index is -0.924. The number of nitrogens with zero attached hydrogens (tertiary/aromatic N) is 10. The lowest BCUT2D eigenvalue weighted by atomic mass is 10.1. The predicted octanol–water partition coefficient (Wildman–Crippen LogP) is 18.6. The molecule has 0 bridgehead atoms. The van der Waals surface area contributed by atoms with Crippen LogP contribution in [0.4, 0.5) is 11.4 Å². The standard InChI is InChI=1S/C20H15ClN4O2S.C15H11ClIN3OS.C9H7ClOS.C6H4IN3.C6H6IN.C5H3ClO2S/c21-19-11-10-18(28-19)17(26)9-4-14-13-25(23-22-14)16-7-5-15(6-8-16)24-12-2-1-3-20(24)27;16-15-8-7-14(22-15)13(21)6-3-11-9-20(19-18-11)12-4-1-10(17)2-5-12;1-2-3-4-7(11)8-5-6-9(10)12-8;7-5-1-3-6(4-2-5)9-10-8;7-5-1-3-6(8)4-2-5;6-4-2-1-3(9-4)5(7)8/h1-3,5-8,10-13H,4,9H2;1-2,4-5,7-9H,3,6H2;1,5-6H,3-4H2;1-4H;1-4H,8H2;1-2H,(H,7,8). The summed E-state index contributed by atoms with van der Waals surface area (Å²) in [5.41, 5.74) is 18.9. The average molecular weight is 1680 g/mol. The largest absolute Gasteiger partial charge is 0.477 e. The van der Waals surface area contributed by atoms with Crippen molar-refractivity contribution >= 4 is 194 Å². The second-order valence-corrected chi connectivity index (χ2v) is 28.2. The third kappa shape index (κ3) is 25.0. The summed E-state index contributed by atoms with van der Waals surface area (Å²) >= 11 is 34.5. The quantitative estimate of drug-likeness (QED) is 0.0175. The Morgan fingerprint density at radius 1 is 0.562 bits per heavy atom. The van der Waals surface area contributed by atoms with Crippen molar-refractivity contribution in [2.45, 2.75) is 38.5 Å². The van der Waals surface area contributed by atoms with Crippen LogP contribution in [-0.4, -0.2) is 63.0 Å². The normalized spacial score (nSPS) is 10.1. The van der Waals surface area contributed by atoms with E-state index >= 15 is 0 Å². The van der Waals surface area contributed by atoms with Crippen LogP contribution in [0, 0.1) is 23.1 Å². The van der Waals surface area contributed by atoms with Gasteiger partial charge in [-0.2, -0.15) is 0 Å². The van der Waals surface area contributed by atoms with Crippen LogP contribution in [0.3, 0.4) is 0 Å². The molecule has 7 heterocycles.